The van der Waals surface area contributed by atoms with Crippen LogP contribution >= 0.6 is 11.3 Å². The minimum absolute atomic E-state index is 0.0139. The van der Waals surface area contributed by atoms with Gasteiger partial charge in [0.15, 0.2) is 0 Å². The van der Waals surface area contributed by atoms with Crippen LogP contribution in [0.25, 0.3) is 0 Å². The highest BCUT2D eigenvalue weighted by atomic mass is 32.1. The molecule has 0 saturated heterocycles. The molecule has 0 aliphatic heterocycles. The molecule has 0 saturated carbocycles. The molecule has 1 amide bonds. The lowest BCUT2D eigenvalue weighted by atomic mass is 10.2. The van der Waals surface area contributed by atoms with Gasteiger partial charge < -0.3 is 11.1 Å². The summed E-state index contributed by atoms with van der Waals surface area (Å²) in [6.45, 7) is 0.764. The zero-order valence-electron chi connectivity index (χ0n) is 9.66. The van der Waals surface area contributed by atoms with Crippen LogP contribution < -0.4 is 11.1 Å². The molecule has 0 bridgehead atoms. The Bertz CT molecular complexity index is 325. The number of aryl methyl sites for hydroxylation is 1. The number of thiazole rings is 1. The summed E-state index contributed by atoms with van der Waals surface area (Å²) in [6, 6.07) is 0. The van der Waals surface area contributed by atoms with Crippen LogP contribution in [-0.2, 0) is 17.6 Å². The van der Waals surface area contributed by atoms with Gasteiger partial charge >= 0.3 is 0 Å². The molecule has 4 nitrogen and oxygen atoms in total. The minimum atomic E-state index is 0.0139. The third-order valence-electron chi connectivity index (χ3n) is 2.31. The van der Waals surface area contributed by atoms with Gasteiger partial charge in [0.25, 0.3) is 0 Å². The fourth-order valence-electron chi connectivity index (χ4n) is 1.40. The number of unbranched alkanes of at least 4 members (excludes halogenated alkanes) is 2. The van der Waals surface area contributed by atoms with Crippen molar-refractivity contribution in [1.82, 2.24) is 10.3 Å². The maximum atomic E-state index is 11.1. The summed E-state index contributed by atoms with van der Waals surface area (Å²) in [6.07, 6.45) is 4.75. The normalized spacial score (nSPS) is 10.4. The Morgan fingerprint density at radius 1 is 1.50 bits per heavy atom. The second-order valence-electron chi connectivity index (χ2n) is 3.68. The molecule has 5 heteroatoms. The van der Waals surface area contributed by atoms with Crippen molar-refractivity contribution in [3.8, 4) is 0 Å². The van der Waals surface area contributed by atoms with Gasteiger partial charge in [-0.3, -0.25) is 4.79 Å². The number of aromatic nitrogens is 1. The van der Waals surface area contributed by atoms with E-state index in [2.05, 4.69) is 10.3 Å². The zero-order chi connectivity index (χ0) is 11.8. The van der Waals surface area contributed by atoms with Crippen molar-refractivity contribution < 1.29 is 4.79 Å². The molecule has 0 unspecified atom stereocenters. The molecule has 1 aromatic rings. The van der Waals surface area contributed by atoms with E-state index < -0.39 is 0 Å². The van der Waals surface area contributed by atoms with E-state index in [-0.39, 0.29) is 5.91 Å². The fraction of sp³-hybridized carbons (Fsp3) is 0.636. The van der Waals surface area contributed by atoms with Gasteiger partial charge in [-0.2, -0.15) is 0 Å². The Morgan fingerprint density at radius 2 is 2.31 bits per heavy atom. The lowest BCUT2D eigenvalue weighted by molar-refractivity contribution is -0.120. The van der Waals surface area contributed by atoms with Crippen LogP contribution in [0.15, 0.2) is 5.38 Å². The maximum absolute atomic E-state index is 11.1. The number of hydrogen-bond acceptors (Lipinski definition) is 4. The van der Waals surface area contributed by atoms with Crippen molar-refractivity contribution >= 4 is 17.2 Å². The molecule has 0 aromatic carbocycles. The van der Waals surface area contributed by atoms with E-state index in [4.69, 9.17) is 5.73 Å². The number of nitrogens with zero attached hydrogens (tertiary/aromatic N) is 1. The van der Waals surface area contributed by atoms with E-state index in [0.29, 0.717) is 6.42 Å². The molecular formula is C11H19N3OS. The summed E-state index contributed by atoms with van der Waals surface area (Å²) >= 11 is 1.64. The van der Waals surface area contributed by atoms with Gasteiger partial charge in [0, 0.05) is 12.4 Å². The summed E-state index contributed by atoms with van der Waals surface area (Å²) in [5.41, 5.74) is 6.30. The molecule has 3 N–H and O–H groups in total. The highest BCUT2D eigenvalue weighted by Gasteiger charge is 2.05. The van der Waals surface area contributed by atoms with Crippen molar-refractivity contribution in [3.63, 3.8) is 0 Å². The molecule has 90 valence electrons. The van der Waals surface area contributed by atoms with Crippen molar-refractivity contribution in [3.05, 3.63) is 16.1 Å². The molecule has 1 rings (SSSR count). The molecule has 1 heterocycles. The zero-order valence-corrected chi connectivity index (χ0v) is 10.5. The second kappa shape index (κ2) is 7.35. The predicted octanol–water partition coefficient (Wildman–Crippen LogP) is 1.10. The van der Waals surface area contributed by atoms with E-state index >= 15 is 0 Å². The smallest absolute Gasteiger partial charge is 0.225 e. The molecule has 0 spiro atoms. The summed E-state index contributed by atoms with van der Waals surface area (Å²) in [4.78, 5) is 15.6. The highest BCUT2D eigenvalue weighted by Crippen LogP contribution is 2.13. The van der Waals surface area contributed by atoms with Crippen molar-refractivity contribution in [1.29, 1.82) is 0 Å². The third-order valence-corrected chi connectivity index (χ3v) is 3.27. The number of carbonyl (C=O) groups excluding carboxylic acids is 1. The SMILES string of the molecule is CNC(=O)Cc1csc(CCCCCN)n1. The number of amides is 1. The number of nitrogens with two attached hydrogens (primary N) is 1. The minimum Gasteiger partial charge on any atom is -0.359 e. The average Bonchev–Trinajstić information content (AvgIpc) is 2.72. The summed E-state index contributed by atoms with van der Waals surface area (Å²) < 4.78 is 0. The summed E-state index contributed by atoms with van der Waals surface area (Å²) in [5, 5.41) is 5.68. The number of likely N-dealkylation sites (N-methyl/N-ethyl adjacent to an activating group) is 1. The Kier molecular flexibility index (Phi) is 6.03. The fourth-order valence-corrected chi connectivity index (χ4v) is 2.24. The first kappa shape index (κ1) is 13.1. The van der Waals surface area contributed by atoms with E-state index in [1.807, 2.05) is 5.38 Å². The van der Waals surface area contributed by atoms with E-state index in [1.54, 1.807) is 18.4 Å². The van der Waals surface area contributed by atoms with Gasteiger partial charge in [-0.25, -0.2) is 4.98 Å². The monoisotopic (exact) mass is 241 g/mol. The van der Waals surface area contributed by atoms with Crippen molar-refractivity contribution in [2.75, 3.05) is 13.6 Å². The summed E-state index contributed by atoms with van der Waals surface area (Å²) in [7, 11) is 1.64. The average molecular weight is 241 g/mol. The largest absolute Gasteiger partial charge is 0.359 e. The van der Waals surface area contributed by atoms with E-state index in [9.17, 15) is 4.79 Å². The molecule has 0 fully saturated rings. The molecule has 0 radical (unpaired) electrons. The van der Waals surface area contributed by atoms with Crippen LogP contribution in [0.5, 0.6) is 0 Å². The van der Waals surface area contributed by atoms with Crippen LogP contribution in [0, 0.1) is 0 Å². The maximum Gasteiger partial charge on any atom is 0.225 e. The lowest BCUT2D eigenvalue weighted by Gasteiger charge is -1.96. The molecule has 0 atom stereocenters. The first-order valence-corrected chi connectivity index (χ1v) is 6.48. The van der Waals surface area contributed by atoms with Gasteiger partial charge in [-0.1, -0.05) is 6.42 Å². The van der Waals surface area contributed by atoms with E-state index in [0.717, 1.165) is 42.9 Å². The summed E-state index contributed by atoms with van der Waals surface area (Å²) in [5.74, 6) is 0.0139. The molecule has 0 aliphatic carbocycles. The van der Waals surface area contributed by atoms with Crippen LogP contribution in [0.3, 0.4) is 0 Å². The lowest BCUT2D eigenvalue weighted by Crippen LogP contribution is -2.20. The van der Waals surface area contributed by atoms with E-state index in [1.165, 1.54) is 0 Å². The molecular weight excluding hydrogens is 222 g/mol. The molecule has 1 aromatic heterocycles. The molecule has 16 heavy (non-hydrogen) atoms. The number of rotatable bonds is 7. The third kappa shape index (κ3) is 4.72. The van der Waals surface area contributed by atoms with Gasteiger partial charge in [-0.15, -0.1) is 11.3 Å². The highest BCUT2D eigenvalue weighted by molar-refractivity contribution is 7.09. The van der Waals surface area contributed by atoms with Crippen molar-refractivity contribution in [2.24, 2.45) is 5.73 Å². The second-order valence-corrected chi connectivity index (χ2v) is 4.62. The van der Waals surface area contributed by atoms with Crippen molar-refractivity contribution in [2.45, 2.75) is 32.1 Å². The topological polar surface area (TPSA) is 68.0 Å². The Hall–Kier alpha value is -0.940. The van der Waals surface area contributed by atoms with Crippen LogP contribution in [0.1, 0.15) is 30.0 Å². The Labute approximate surface area is 100 Å². The molecule has 0 aliphatic rings. The van der Waals surface area contributed by atoms with Gasteiger partial charge in [0.1, 0.15) is 0 Å². The van der Waals surface area contributed by atoms with Crippen LogP contribution in [-0.4, -0.2) is 24.5 Å². The quantitative estimate of drug-likeness (QED) is 0.702. The van der Waals surface area contributed by atoms with Gasteiger partial charge in [-0.05, 0) is 25.8 Å². The number of nitrogens with one attached hydrogen (secondary N) is 1. The number of hydrogen-bond donors (Lipinski definition) is 2. The van der Waals surface area contributed by atoms with Crippen LogP contribution in [0.4, 0.5) is 0 Å². The first-order chi connectivity index (χ1) is 7.76. The standard InChI is InChI=1S/C11H19N3OS/c1-13-10(15)7-9-8-16-11(14-9)5-3-2-4-6-12/h8H,2-7,12H2,1H3,(H,13,15). The first-order valence-electron chi connectivity index (χ1n) is 5.60. The Balaban J connectivity index is 2.30. The van der Waals surface area contributed by atoms with Crippen LogP contribution in [0.2, 0.25) is 0 Å². The predicted molar refractivity (Wildman–Crippen MR) is 66.5 cm³/mol. The van der Waals surface area contributed by atoms with Gasteiger partial charge in [0.05, 0.1) is 17.1 Å². The Morgan fingerprint density at radius 3 is 3.00 bits per heavy atom. The number of carbonyl (C=O) groups is 1. The van der Waals surface area contributed by atoms with Gasteiger partial charge in [0.2, 0.25) is 5.91 Å².